The highest BCUT2D eigenvalue weighted by Crippen LogP contribution is 2.25. The summed E-state index contributed by atoms with van der Waals surface area (Å²) in [5, 5.41) is 4.25. The lowest BCUT2D eigenvalue weighted by Gasteiger charge is -2.17. The second-order valence-corrected chi connectivity index (χ2v) is 7.84. The number of nitrogens with zero attached hydrogens (tertiary/aromatic N) is 1. The molecule has 1 fully saturated rings. The summed E-state index contributed by atoms with van der Waals surface area (Å²) in [5.74, 6) is -2.99. The van der Waals surface area contributed by atoms with E-state index in [0.717, 1.165) is 10.6 Å². The summed E-state index contributed by atoms with van der Waals surface area (Å²) in [7, 11) is 0. The Bertz CT molecular complexity index is 1040. The van der Waals surface area contributed by atoms with Gasteiger partial charge in [-0.1, -0.05) is 40.9 Å². The third-order valence-electron chi connectivity index (χ3n) is 4.52. The fourth-order valence-corrected chi connectivity index (χ4v) is 3.32. The summed E-state index contributed by atoms with van der Waals surface area (Å²) in [6.45, 7) is 1.25. The van der Waals surface area contributed by atoms with Crippen molar-refractivity contribution >= 4 is 52.6 Å². The highest BCUT2D eigenvalue weighted by atomic mass is 35.5. The number of carbonyl (C=O) groups is 4. The van der Waals surface area contributed by atoms with E-state index in [0.29, 0.717) is 10.6 Å². The minimum Gasteiger partial charge on any atom is -0.455 e. The van der Waals surface area contributed by atoms with Crippen LogP contribution >= 0.6 is 23.2 Å². The fourth-order valence-electron chi connectivity index (χ4n) is 2.98. The summed E-state index contributed by atoms with van der Waals surface area (Å²) in [6.07, 6.45) is -0.130. The number of ether oxygens (including phenoxy) is 1. The SMILES string of the molecule is Cc1cccc(C(=O)NN2C[C@@H](C(=O)OCC(=O)Nc3cc(Cl)ccc3Cl)CC2=O)c1. The highest BCUT2D eigenvalue weighted by Gasteiger charge is 2.36. The van der Waals surface area contributed by atoms with Crippen molar-refractivity contribution in [1.82, 2.24) is 10.4 Å². The van der Waals surface area contributed by atoms with E-state index in [9.17, 15) is 19.2 Å². The zero-order valence-electron chi connectivity index (χ0n) is 16.5. The van der Waals surface area contributed by atoms with Crippen LogP contribution in [0.15, 0.2) is 42.5 Å². The van der Waals surface area contributed by atoms with Gasteiger partial charge in [0.05, 0.1) is 23.2 Å². The first-order chi connectivity index (χ1) is 14.7. The first-order valence-corrected chi connectivity index (χ1v) is 10.1. The van der Waals surface area contributed by atoms with E-state index in [4.69, 9.17) is 27.9 Å². The summed E-state index contributed by atoms with van der Waals surface area (Å²) >= 11 is 11.8. The predicted octanol–water partition coefficient (Wildman–Crippen LogP) is 2.98. The maximum atomic E-state index is 12.3. The minimum absolute atomic E-state index is 0.0447. The van der Waals surface area contributed by atoms with Gasteiger partial charge in [-0.05, 0) is 37.3 Å². The third-order valence-corrected chi connectivity index (χ3v) is 5.09. The van der Waals surface area contributed by atoms with Crippen molar-refractivity contribution in [2.45, 2.75) is 13.3 Å². The lowest BCUT2D eigenvalue weighted by atomic mass is 10.1. The van der Waals surface area contributed by atoms with Crippen LogP contribution in [0.5, 0.6) is 0 Å². The Hall–Kier alpha value is -3.10. The largest absolute Gasteiger partial charge is 0.455 e. The molecule has 0 bridgehead atoms. The number of rotatable bonds is 6. The van der Waals surface area contributed by atoms with E-state index in [-0.39, 0.29) is 23.7 Å². The van der Waals surface area contributed by atoms with Crippen LogP contribution in [0.25, 0.3) is 0 Å². The molecule has 0 aliphatic carbocycles. The molecule has 0 aromatic heterocycles. The molecule has 2 aromatic rings. The number of hydrogen-bond acceptors (Lipinski definition) is 5. The number of anilines is 1. The number of nitrogens with one attached hydrogen (secondary N) is 2. The van der Waals surface area contributed by atoms with Gasteiger partial charge in [0.2, 0.25) is 5.91 Å². The van der Waals surface area contributed by atoms with Crippen LogP contribution in [0.2, 0.25) is 10.0 Å². The van der Waals surface area contributed by atoms with Crippen LogP contribution in [0, 0.1) is 12.8 Å². The molecule has 2 aromatic carbocycles. The van der Waals surface area contributed by atoms with E-state index in [1.54, 1.807) is 24.3 Å². The fraction of sp³-hybridized carbons (Fsp3) is 0.238. The van der Waals surface area contributed by atoms with Crippen LogP contribution in [-0.2, 0) is 19.1 Å². The topological polar surface area (TPSA) is 105 Å². The van der Waals surface area contributed by atoms with Gasteiger partial charge in [-0.15, -0.1) is 0 Å². The van der Waals surface area contributed by atoms with Crippen LogP contribution < -0.4 is 10.7 Å². The van der Waals surface area contributed by atoms with Gasteiger partial charge in [0.25, 0.3) is 11.8 Å². The predicted molar refractivity (Wildman–Crippen MR) is 115 cm³/mol. The van der Waals surface area contributed by atoms with Crippen LogP contribution in [0.3, 0.4) is 0 Å². The Balaban J connectivity index is 1.50. The number of esters is 1. The van der Waals surface area contributed by atoms with Gasteiger partial charge in [0, 0.05) is 17.0 Å². The molecule has 1 aliphatic heterocycles. The van der Waals surface area contributed by atoms with Crippen molar-refractivity contribution in [3.63, 3.8) is 0 Å². The maximum Gasteiger partial charge on any atom is 0.311 e. The van der Waals surface area contributed by atoms with Gasteiger partial charge < -0.3 is 10.1 Å². The molecule has 0 spiro atoms. The number of benzene rings is 2. The Morgan fingerprint density at radius 1 is 1.16 bits per heavy atom. The molecular formula is C21H19Cl2N3O5. The van der Waals surface area contributed by atoms with Crippen molar-refractivity contribution in [2.75, 3.05) is 18.5 Å². The second kappa shape index (κ2) is 9.80. The summed E-state index contributed by atoms with van der Waals surface area (Å²) in [5.41, 5.74) is 4.09. The molecule has 162 valence electrons. The molecule has 31 heavy (non-hydrogen) atoms. The normalized spacial score (nSPS) is 15.5. The first kappa shape index (κ1) is 22.6. The number of hydrogen-bond donors (Lipinski definition) is 2. The molecule has 0 unspecified atom stereocenters. The summed E-state index contributed by atoms with van der Waals surface area (Å²) in [4.78, 5) is 48.8. The molecule has 10 heteroatoms. The average molecular weight is 464 g/mol. The number of amides is 3. The van der Waals surface area contributed by atoms with Crippen molar-refractivity contribution in [3.8, 4) is 0 Å². The van der Waals surface area contributed by atoms with E-state index in [1.807, 2.05) is 13.0 Å². The Labute approximate surface area is 188 Å². The van der Waals surface area contributed by atoms with E-state index >= 15 is 0 Å². The van der Waals surface area contributed by atoms with Crippen LogP contribution in [-0.4, -0.2) is 41.9 Å². The van der Waals surface area contributed by atoms with E-state index in [2.05, 4.69) is 10.7 Å². The minimum atomic E-state index is -0.798. The highest BCUT2D eigenvalue weighted by molar-refractivity contribution is 6.35. The van der Waals surface area contributed by atoms with Gasteiger partial charge in [0.15, 0.2) is 6.61 Å². The van der Waals surface area contributed by atoms with Gasteiger partial charge in [-0.2, -0.15) is 0 Å². The summed E-state index contributed by atoms with van der Waals surface area (Å²) < 4.78 is 5.01. The smallest absolute Gasteiger partial charge is 0.311 e. The zero-order valence-corrected chi connectivity index (χ0v) is 18.0. The standard InChI is InChI=1S/C21H19Cl2N3O5/c1-12-3-2-4-13(7-12)20(29)25-26-10-14(8-19(26)28)21(30)31-11-18(27)24-17-9-15(22)5-6-16(17)23/h2-7,9,14H,8,10-11H2,1H3,(H,24,27)(H,25,29)/t14-/m0/s1. The quantitative estimate of drug-likeness (QED) is 0.640. The van der Waals surface area contributed by atoms with Crippen molar-refractivity contribution in [3.05, 3.63) is 63.6 Å². The maximum absolute atomic E-state index is 12.3. The van der Waals surface area contributed by atoms with E-state index < -0.39 is 36.2 Å². The monoisotopic (exact) mass is 463 g/mol. The lowest BCUT2D eigenvalue weighted by Crippen LogP contribution is -2.43. The number of carbonyl (C=O) groups excluding carboxylic acids is 4. The van der Waals surface area contributed by atoms with Gasteiger partial charge in [-0.25, -0.2) is 0 Å². The van der Waals surface area contributed by atoms with Crippen LogP contribution in [0.4, 0.5) is 5.69 Å². The Morgan fingerprint density at radius 3 is 2.68 bits per heavy atom. The molecule has 3 rings (SSSR count). The Kier molecular flexibility index (Phi) is 7.14. The number of halogens is 2. The zero-order chi connectivity index (χ0) is 22.5. The molecule has 1 heterocycles. The van der Waals surface area contributed by atoms with Crippen molar-refractivity contribution in [1.29, 1.82) is 0 Å². The number of hydrazine groups is 1. The average Bonchev–Trinajstić information content (AvgIpc) is 3.09. The molecule has 8 nitrogen and oxygen atoms in total. The second-order valence-electron chi connectivity index (χ2n) is 7.00. The molecule has 0 radical (unpaired) electrons. The van der Waals surface area contributed by atoms with Crippen LogP contribution in [0.1, 0.15) is 22.3 Å². The first-order valence-electron chi connectivity index (χ1n) is 9.32. The molecule has 1 saturated heterocycles. The lowest BCUT2D eigenvalue weighted by molar-refractivity contribution is -0.151. The van der Waals surface area contributed by atoms with Crippen molar-refractivity contribution < 1.29 is 23.9 Å². The van der Waals surface area contributed by atoms with E-state index in [1.165, 1.54) is 12.1 Å². The molecule has 0 saturated carbocycles. The molecule has 3 amide bonds. The third kappa shape index (κ3) is 5.96. The molecule has 1 atom stereocenters. The molecule has 1 aliphatic rings. The molecule has 2 N–H and O–H groups in total. The number of aryl methyl sites for hydroxylation is 1. The Morgan fingerprint density at radius 2 is 1.94 bits per heavy atom. The van der Waals surface area contributed by atoms with Gasteiger partial charge in [0.1, 0.15) is 0 Å². The molecular weight excluding hydrogens is 445 g/mol. The van der Waals surface area contributed by atoms with Gasteiger partial charge >= 0.3 is 5.97 Å². The summed E-state index contributed by atoms with van der Waals surface area (Å²) in [6, 6.07) is 11.5. The van der Waals surface area contributed by atoms with Crippen molar-refractivity contribution in [2.24, 2.45) is 5.92 Å². The van der Waals surface area contributed by atoms with Gasteiger partial charge in [-0.3, -0.25) is 29.6 Å².